The SMILES string of the molecule is O=C1Nc2cc(Cl)ccc2/C1=C\c1cccc(Cl)n1. The molecule has 0 atom stereocenters. The van der Waals surface area contributed by atoms with Gasteiger partial charge in [-0.2, -0.15) is 0 Å². The third kappa shape index (κ3) is 2.35. The van der Waals surface area contributed by atoms with Gasteiger partial charge in [0.05, 0.1) is 17.0 Å². The second kappa shape index (κ2) is 4.68. The molecule has 1 aliphatic rings. The highest BCUT2D eigenvalue weighted by molar-refractivity contribution is 6.36. The topological polar surface area (TPSA) is 42.0 Å². The van der Waals surface area contributed by atoms with E-state index in [-0.39, 0.29) is 5.91 Å². The number of halogens is 2. The van der Waals surface area contributed by atoms with Crippen molar-refractivity contribution in [3.8, 4) is 0 Å². The quantitative estimate of drug-likeness (QED) is 0.640. The Balaban J connectivity index is 2.09. The smallest absolute Gasteiger partial charge is 0.256 e. The first kappa shape index (κ1) is 12.2. The number of hydrogen-bond donors (Lipinski definition) is 1. The normalized spacial score (nSPS) is 15.5. The molecule has 1 N–H and O–H groups in total. The minimum Gasteiger partial charge on any atom is -0.321 e. The van der Waals surface area contributed by atoms with Crippen LogP contribution in [0.25, 0.3) is 11.6 Å². The van der Waals surface area contributed by atoms with E-state index in [1.165, 1.54) is 0 Å². The molecule has 0 saturated carbocycles. The molecule has 0 bridgehead atoms. The van der Waals surface area contributed by atoms with Gasteiger partial charge in [0.15, 0.2) is 0 Å². The summed E-state index contributed by atoms with van der Waals surface area (Å²) >= 11 is 11.7. The van der Waals surface area contributed by atoms with Crippen molar-refractivity contribution >= 4 is 46.4 Å². The standard InChI is InChI=1S/C14H8Cl2N2O/c15-8-4-5-10-11(14(19)18-12(10)6-8)7-9-2-1-3-13(16)17-9/h1-7H,(H,18,19)/b11-7+. The number of carbonyl (C=O) groups excluding carboxylic acids is 1. The second-order valence-electron chi connectivity index (χ2n) is 4.09. The number of hydrogen-bond acceptors (Lipinski definition) is 2. The Morgan fingerprint density at radius 3 is 2.79 bits per heavy atom. The van der Waals surface area contributed by atoms with Gasteiger partial charge < -0.3 is 5.32 Å². The lowest BCUT2D eigenvalue weighted by Gasteiger charge is -1.99. The van der Waals surface area contributed by atoms with Crippen LogP contribution in [0.1, 0.15) is 11.3 Å². The van der Waals surface area contributed by atoms with E-state index in [9.17, 15) is 4.79 Å². The molecule has 1 aromatic carbocycles. The molecule has 2 aromatic rings. The third-order valence-corrected chi connectivity index (χ3v) is 3.24. The minimum absolute atomic E-state index is 0.168. The van der Waals surface area contributed by atoms with Crippen molar-refractivity contribution in [2.75, 3.05) is 5.32 Å². The maximum Gasteiger partial charge on any atom is 0.256 e. The number of rotatable bonds is 1. The average molecular weight is 291 g/mol. The van der Waals surface area contributed by atoms with Gasteiger partial charge in [-0.25, -0.2) is 4.98 Å². The Labute approximate surface area is 119 Å². The zero-order chi connectivity index (χ0) is 13.4. The van der Waals surface area contributed by atoms with E-state index in [0.29, 0.717) is 27.1 Å². The first-order valence-corrected chi connectivity index (χ1v) is 6.34. The summed E-state index contributed by atoms with van der Waals surface area (Å²) < 4.78 is 0. The molecule has 1 amide bonds. The highest BCUT2D eigenvalue weighted by atomic mass is 35.5. The lowest BCUT2D eigenvalue weighted by molar-refractivity contribution is -0.110. The summed E-state index contributed by atoms with van der Waals surface area (Å²) in [5, 5.41) is 3.75. The van der Waals surface area contributed by atoms with Gasteiger partial charge in [0.25, 0.3) is 5.91 Å². The fourth-order valence-corrected chi connectivity index (χ4v) is 2.30. The summed E-state index contributed by atoms with van der Waals surface area (Å²) in [6.45, 7) is 0. The Kier molecular flexibility index (Phi) is 3.01. The predicted octanol–water partition coefficient (Wildman–Crippen LogP) is 3.88. The highest BCUT2D eigenvalue weighted by Crippen LogP contribution is 2.34. The van der Waals surface area contributed by atoms with Gasteiger partial charge in [0.1, 0.15) is 5.15 Å². The van der Waals surface area contributed by atoms with Crippen LogP contribution in [0.2, 0.25) is 10.2 Å². The van der Waals surface area contributed by atoms with E-state index in [4.69, 9.17) is 23.2 Å². The molecule has 0 unspecified atom stereocenters. The van der Waals surface area contributed by atoms with Gasteiger partial charge in [0, 0.05) is 10.6 Å². The van der Waals surface area contributed by atoms with Crippen molar-refractivity contribution in [3.63, 3.8) is 0 Å². The summed E-state index contributed by atoms with van der Waals surface area (Å²) in [5.74, 6) is -0.168. The molecule has 1 aliphatic heterocycles. The fourth-order valence-electron chi connectivity index (χ4n) is 1.96. The number of aromatic nitrogens is 1. The average Bonchev–Trinajstić information content (AvgIpc) is 2.65. The number of benzene rings is 1. The van der Waals surface area contributed by atoms with E-state index >= 15 is 0 Å². The Bertz CT molecular complexity index is 710. The Morgan fingerprint density at radius 2 is 2.00 bits per heavy atom. The van der Waals surface area contributed by atoms with E-state index in [2.05, 4.69) is 10.3 Å². The van der Waals surface area contributed by atoms with Crippen LogP contribution in [0.5, 0.6) is 0 Å². The summed E-state index contributed by atoms with van der Waals surface area (Å²) in [4.78, 5) is 16.1. The van der Waals surface area contributed by atoms with Crippen LogP contribution in [0.15, 0.2) is 36.4 Å². The van der Waals surface area contributed by atoms with Gasteiger partial charge in [-0.05, 0) is 30.3 Å². The van der Waals surface area contributed by atoms with Crippen LogP contribution >= 0.6 is 23.2 Å². The van der Waals surface area contributed by atoms with Crippen molar-refractivity contribution in [1.82, 2.24) is 4.98 Å². The van der Waals surface area contributed by atoms with Crippen molar-refractivity contribution in [2.45, 2.75) is 0 Å². The van der Waals surface area contributed by atoms with Crippen molar-refractivity contribution in [3.05, 3.63) is 57.8 Å². The number of anilines is 1. The lowest BCUT2D eigenvalue weighted by Crippen LogP contribution is -2.03. The summed E-state index contributed by atoms with van der Waals surface area (Å²) in [6, 6.07) is 10.6. The van der Waals surface area contributed by atoms with Crippen molar-refractivity contribution in [1.29, 1.82) is 0 Å². The van der Waals surface area contributed by atoms with Gasteiger partial charge >= 0.3 is 0 Å². The molecule has 0 saturated heterocycles. The minimum atomic E-state index is -0.168. The van der Waals surface area contributed by atoms with E-state index in [1.54, 1.807) is 36.4 Å². The first-order chi connectivity index (χ1) is 9.13. The summed E-state index contributed by atoms with van der Waals surface area (Å²) in [5.41, 5.74) is 2.73. The van der Waals surface area contributed by atoms with Gasteiger partial charge in [-0.1, -0.05) is 35.3 Å². The molecule has 94 valence electrons. The summed E-state index contributed by atoms with van der Waals surface area (Å²) in [6.07, 6.45) is 1.71. The van der Waals surface area contributed by atoms with Crippen LogP contribution in [-0.2, 0) is 4.79 Å². The third-order valence-electron chi connectivity index (χ3n) is 2.79. The number of nitrogens with zero attached hydrogens (tertiary/aromatic N) is 1. The zero-order valence-electron chi connectivity index (χ0n) is 9.65. The maximum absolute atomic E-state index is 11.9. The Morgan fingerprint density at radius 1 is 1.16 bits per heavy atom. The number of amides is 1. The number of pyridine rings is 1. The molecular formula is C14H8Cl2N2O. The predicted molar refractivity (Wildman–Crippen MR) is 77.2 cm³/mol. The number of nitrogens with one attached hydrogen (secondary N) is 1. The molecule has 2 heterocycles. The number of fused-ring (bicyclic) bond motifs is 1. The van der Waals surface area contributed by atoms with Crippen LogP contribution < -0.4 is 5.32 Å². The second-order valence-corrected chi connectivity index (χ2v) is 4.91. The van der Waals surface area contributed by atoms with E-state index in [1.807, 2.05) is 6.07 Å². The molecule has 0 spiro atoms. The zero-order valence-corrected chi connectivity index (χ0v) is 11.2. The Hall–Kier alpha value is -1.84. The lowest BCUT2D eigenvalue weighted by atomic mass is 10.1. The van der Waals surface area contributed by atoms with Gasteiger partial charge in [0.2, 0.25) is 0 Å². The van der Waals surface area contributed by atoms with E-state index < -0.39 is 0 Å². The molecule has 5 heteroatoms. The van der Waals surface area contributed by atoms with Crippen molar-refractivity contribution in [2.24, 2.45) is 0 Å². The van der Waals surface area contributed by atoms with Crippen molar-refractivity contribution < 1.29 is 4.79 Å². The first-order valence-electron chi connectivity index (χ1n) is 5.59. The van der Waals surface area contributed by atoms with Crippen LogP contribution in [0.4, 0.5) is 5.69 Å². The summed E-state index contributed by atoms with van der Waals surface area (Å²) in [7, 11) is 0. The fraction of sp³-hybridized carbons (Fsp3) is 0. The molecule has 3 nitrogen and oxygen atoms in total. The van der Waals surface area contributed by atoms with Crippen LogP contribution in [-0.4, -0.2) is 10.9 Å². The highest BCUT2D eigenvalue weighted by Gasteiger charge is 2.24. The van der Waals surface area contributed by atoms with E-state index in [0.717, 1.165) is 5.56 Å². The molecule has 19 heavy (non-hydrogen) atoms. The molecule has 0 aliphatic carbocycles. The number of carbonyl (C=O) groups is 1. The van der Waals surface area contributed by atoms with Gasteiger partial charge in [-0.3, -0.25) is 4.79 Å². The molecule has 1 aromatic heterocycles. The molecule has 3 rings (SSSR count). The largest absolute Gasteiger partial charge is 0.321 e. The maximum atomic E-state index is 11.9. The van der Waals surface area contributed by atoms with Gasteiger partial charge in [-0.15, -0.1) is 0 Å². The monoisotopic (exact) mass is 290 g/mol. The molecule has 0 radical (unpaired) electrons. The van der Waals surface area contributed by atoms with Crippen LogP contribution in [0.3, 0.4) is 0 Å². The molecule has 0 fully saturated rings. The van der Waals surface area contributed by atoms with Crippen LogP contribution in [0, 0.1) is 0 Å². The molecular weight excluding hydrogens is 283 g/mol.